The summed E-state index contributed by atoms with van der Waals surface area (Å²) in [6.45, 7) is 3.86. The average Bonchev–Trinajstić information content (AvgIpc) is 2.75. The van der Waals surface area contributed by atoms with E-state index >= 15 is 0 Å². The fraction of sp³-hybridized carbons (Fsp3) is 0.231. The van der Waals surface area contributed by atoms with Gasteiger partial charge in [0.2, 0.25) is 0 Å². The molecule has 2 rings (SSSR count). The standard InChI is InChI=1S/C13H12ClNO2S/c1-7(2)12-9(13(16)17)3-4-10(15-12)8-5-11(14)18-6-8/h3-7H,1-2H3,(H,16,17). The first-order chi connectivity index (χ1) is 8.49. The number of hydrogen-bond donors (Lipinski definition) is 1. The van der Waals surface area contributed by atoms with Crippen molar-refractivity contribution in [2.75, 3.05) is 0 Å². The predicted octanol–water partition coefficient (Wildman–Crippen LogP) is 4.29. The van der Waals surface area contributed by atoms with E-state index in [2.05, 4.69) is 4.98 Å². The van der Waals surface area contributed by atoms with Gasteiger partial charge in [0.1, 0.15) is 0 Å². The van der Waals surface area contributed by atoms with Crippen LogP contribution >= 0.6 is 22.9 Å². The van der Waals surface area contributed by atoms with E-state index in [1.165, 1.54) is 11.3 Å². The summed E-state index contributed by atoms with van der Waals surface area (Å²) in [7, 11) is 0. The number of carbonyl (C=O) groups is 1. The molecule has 18 heavy (non-hydrogen) atoms. The smallest absolute Gasteiger partial charge is 0.337 e. The summed E-state index contributed by atoms with van der Waals surface area (Å²) in [5.41, 5.74) is 2.54. The first-order valence-corrected chi connectivity index (χ1v) is 6.73. The SMILES string of the molecule is CC(C)c1nc(-c2csc(Cl)c2)ccc1C(=O)O. The van der Waals surface area contributed by atoms with Gasteiger partial charge in [-0.15, -0.1) is 11.3 Å². The minimum absolute atomic E-state index is 0.0603. The molecule has 3 nitrogen and oxygen atoms in total. The Labute approximate surface area is 114 Å². The fourth-order valence-electron chi connectivity index (χ4n) is 1.70. The van der Waals surface area contributed by atoms with Gasteiger partial charge in [0.15, 0.2) is 0 Å². The molecule has 0 aliphatic carbocycles. The molecule has 0 bridgehead atoms. The molecule has 0 spiro atoms. The van der Waals surface area contributed by atoms with Gasteiger partial charge >= 0.3 is 5.97 Å². The third-order valence-corrected chi connectivity index (χ3v) is 3.66. The van der Waals surface area contributed by atoms with E-state index in [1.807, 2.05) is 25.3 Å². The number of nitrogens with zero attached hydrogens (tertiary/aromatic N) is 1. The van der Waals surface area contributed by atoms with Gasteiger partial charge in [-0.05, 0) is 24.1 Å². The van der Waals surface area contributed by atoms with Gasteiger partial charge in [-0.1, -0.05) is 25.4 Å². The Bertz CT molecular complexity index is 592. The van der Waals surface area contributed by atoms with Gasteiger partial charge in [-0.2, -0.15) is 0 Å². The van der Waals surface area contributed by atoms with E-state index < -0.39 is 5.97 Å². The molecule has 1 N–H and O–H groups in total. The van der Waals surface area contributed by atoms with Crippen LogP contribution in [0.1, 0.15) is 35.8 Å². The molecule has 0 fully saturated rings. The van der Waals surface area contributed by atoms with E-state index in [-0.39, 0.29) is 11.5 Å². The quantitative estimate of drug-likeness (QED) is 0.913. The molecule has 0 saturated carbocycles. The maximum atomic E-state index is 11.1. The Kier molecular flexibility index (Phi) is 3.68. The number of rotatable bonds is 3. The molecular formula is C13H12ClNO2S. The van der Waals surface area contributed by atoms with Crippen LogP contribution in [0, 0.1) is 0 Å². The van der Waals surface area contributed by atoms with Crippen LogP contribution in [0.3, 0.4) is 0 Å². The predicted molar refractivity (Wildman–Crippen MR) is 73.6 cm³/mol. The molecular weight excluding hydrogens is 270 g/mol. The summed E-state index contributed by atoms with van der Waals surface area (Å²) in [5, 5.41) is 11.0. The topological polar surface area (TPSA) is 50.2 Å². The van der Waals surface area contributed by atoms with Gasteiger partial charge in [-0.3, -0.25) is 4.98 Å². The molecule has 0 radical (unpaired) electrons. The summed E-state index contributed by atoms with van der Waals surface area (Å²) >= 11 is 7.32. The van der Waals surface area contributed by atoms with E-state index in [9.17, 15) is 4.79 Å². The van der Waals surface area contributed by atoms with Crippen LogP contribution in [0.25, 0.3) is 11.3 Å². The van der Waals surface area contributed by atoms with Gasteiger partial charge < -0.3 is 5.11 Å². The van der Waals surface area contributed by atoms with E-state index in [0.717, 1.165) is 11.3 Å². The molecule has 0 amide bonds. The summed E-state index contributed by atoms with van der Waals surface area (Å²) < 4.78 is 0.695. The lowest BCUT2D eigenvalue weighted by molar-refractivity contribution is 0.0694. The molecule has 94 valence electrons. The second-order valence-electron chi connectivity index (χ2n) is 4.23. The molecule has 0 unspecified atom stereocenters. The first-order valence-electron chi connectivity index (χ1n) is 5.47. The van der Waals surface area contributed by atoms with Crippen molar-refractivity contribution in [2.45, 2.75) is 19.8 Å². The lowest BCUT2D eigenvalue weighted by atomic mass is 10.0. The largest absolute Gasteiger partial charge is 0.478 e. The number of halogens is 1. The zero-order valence-electron chi connectivity index (χ0n) is 9.98. The Morgan fingerprint density at radius 3 is 2.67 bits per heavy atom. The summed E-state index contributed by atoms with van der Waals surface area (Å²) in [5.74, 6) is -0.883. The van der Waals surface area contributed by atoms with Crippen LogP contribution in [0.2, 0.25) is 4.34 Å². The Balaban J connectivity index is 2.53. The molecule has 0 saturated heterocycles. The van der Waals surface area contributed by atoms with Crippen molar-refractivity contribution in [2.24, 2.45) is 0 Å². The zero-order chi connectivity index (χ0) is 13.3. The van der Waals surface area contributed by atoms with Crippen molar-refractivity contribution < 1.29 is 9.90 Å². The second-order valence-corrected chi connectivity index (χ2v) is 5.77. The number of carboxylic acid groups (broad SMARTS) is 1. The third kappa shape index (κ3) is 2.54. The number of carboxylic acids is 1. The van der Waals surface area contributed by atoms with Crippen molar-refractivity contribution in [3.05, 3.63) is 39.2 Å². The van der Waals surface area contributed by atoms with Crippen molar-refractivity contribution in [3.8, 4) is 11.3 Å². The highest BCUT2D eigenvalue weighted by atomic mass is 35.5. The van der Waals surface area contributed by atoms with Gasteiger partial charge in [0.25, 0.3) is 0 Å². The maximum absolute atomic E-state index is 11.1. The molecule has 5 heteroatoms. The van der Waals surface area contributed by atoms with Crippen LogP contribution in [0.5, 0.6) is 0 Å². The lowest BCUT2D eigenvalue weighted by Gasteiger charge is -2.10. The van der Waals surface area contributed by atoms with Crippen LogP contribution < -0.4 is 0 Å². The summed E-state index contributed by atoms with van der Waals surface area (Å²) in [6, 6.07) is 5.15. The molecule has 2 heterocycles. The van der Waals surface area contributed by atoms with Crippen molar-refractivity contribution in [1.82, 2.24) is 4.98 Å². The molecule has 2 aromatic rings. The lowest BCUT2D eigenvalue weighted by Crippen LogP contribution is -2.07. The van der Waals surface area contributed by atoms with Crippen LogP contribution in [-0.4, -0.2) is 16.1 Å². The highest BCUT2D eigenvalue weighted by Gasteiger charge is 2.16. The van der Waals surface area contributed by atoms with Crippen LogP contribution in [0.15, 0.2) is 23.6 Å². The van der Waals surface area contributed by atoms with Crippen LogP contribution in [0.4, 0.5) is 0 Å². The fourth-order valence-corrected chi connectivity index (χ4v) is 2.58. The number of pyridine rings is 1. The second kappa shape index (κ2) is 5.08. The highest BCUT2D eigenvalue weighted by molar-refractivity contribution is 7.14. The average molecular weight is 282 g/mol. The monoisotopic (exact) mass is 281 g/mol. The van der Waals surface area contributed by atoms with Crippen molar-refractivity contribution in [3.63, 3.8) is 0 Å². The normalized spacial score (nSPS) is 10.9. The van der Waals surface area contributed by atoms with E-state index in [0.29, 0.717) is 10.0 Å². The molecule has 2 aromatic heterocycles. The molecule has 0 aliphatic heterocycles. The third-order valence-electron chi connectivity index (χ3n) is 2.57. The Morgan fingerprint density at radius 1 is 1.44 bits per heavy atom. The molecule has 0 atom stereocenters. The highest BCUT2D eigenvalue weighted by Crippen LogP contribution is 2.29. The Hall–Kier alpha value is -1.39. The minimum Gasteiger partial charge on any atom is -0.478 e. The zero-order valence-corrected chi connectivity index (χ0v) is 11.5. The van der Waals surface area contributed by atoms with E-state index in [4.69, 9.17) is 16.7 Å². The molecule has 0 aromatic carbocycles. The summed E-state index contributed by atoms with van der Waals surface area (Å²) in [6.07, 6.45) is 0. The number of aromatic carboxylic acids is 1. The van der Waals surface area contributed by atoms with Crippen LogP contribution in [-0.2, 0) is 0 Å². The van der Waals surface area contributed by atoms with Crippen molar-refractivity contribution >= 4 is 28.9 Å². The first kappa shape index (κ1) is 13.1. The van der Waals surface area contributed by atoms with Gasteiger partial charge in [0, 0.05) is 10.9 Å². The van der Waals surface area contributed by atoms with Crippen molar-refractivity contribution in [1.29, 1.82) is 0 Å². The number of hydrogen-bond acceptors (Lipinski definition) is 3. The number of aromatic nitrogens is 1. The summed E-state index contributed by atoms with van der Waals surface area (Å²) in [4.78, 5) is 15.6. The maximum Gasteiger partial charge on any atom is 0.337 e. The van der Waals surface area contributed by atoms with E-state index in [1.54, 1.807) is 12.1 Å². The Morgan fingerprint density at radius 2 is 2.17 bits per heavy atom. The van der Waals surface area contributed by atoms with Gasteiger partial charge in [-0.25, -0.2) is 4.79 Å². The van der Waals surface area contributed by atoms with Gasteiger partial charge in [0.05, 0.1) is 21.3 Å². The molecule has 0 aliphatic rings. The minimum atomic E-state index is -0.943. The number of thiophene rings is 1.